The lowest BCUT2D eigenvalue weighted by atomic mass is 10.1. The smallest absolute Gasteiger partial charge is 0.255 e. The van der Waals surface area contributed by atoms with Gasteiger partial charge in [0, 0.05) is 31.7 Å². The topological polar surface area (TPSA) is 54.7 Å². The van der Waals surface area contributed by atoms with Crippen LogP contribution in [0, 0.1) is 6.92 Å². The minimum atomic E-state index is -0.109. The van der Waals surface area contributed by atoms with E-state index in [0.29, 0.717) is 29.2 Å². The highest BCUT2D eigenvalue weighted by Crippen LogP contribution is 2.29. The zero-order valence-corrected chi connectivity index (χ0v) is 16.3. The van der Waals surface area contributed by atoms with Crippen LogP contribution >= 0.6 is 0 Å². The number of fused-ring (bicyclic) bond motifs is 1. The number of amides is 1. The number of ether oxygens (including phenoxy) is 1. The van der Waals surface area contributed by atoms with Crippen LogP contribution in [0.1, 0.15) is 28.1 Å². The zero-order chi connectivity index (χ0) is 19.4. The first-order valence-corrected chi connectivity index (χ1v) is 9.11. The van der Waals surface area contributed by atoms with Gasteiger partial charge in [0.05, 0.1) is 12.7 Å². The van der Waals surface area contributed by atoms with Gasteiger partial charge in [-0.2, -0.15) is 0 Å². The molecule has 0 aliphatic carbocycles. The van der Waals surface area contributed by atoms with Gasteiger partial charge < -0.3 is 19.4 Å². The average molecular weight is 366 g/mol. The molecule has 3 aromatic rings. The fraction of sp³-hybridized carbons (Fsp3) is 0.318. The lowest BCUT2D eigenvalue weighted by Crippen LogP contribution is -2.25. The van der Waals surface area contributed by atoms with Crippen LogP contribution in [-0.4, -0.2) is 33.7 Å². The van der Waals surface area contributed by atoms with Gasteiger partial charge in [-0.15, -0.1) is 0 Å². The number of furan rings is 1. The van der Waals surface area contributed by atoms with Crippen molar-refractivity contribution in [2.45, 2.75) is 19.8 Å². The Balaban J connectivity index is 1.59. The van der Waals surface area contributed by atoms with E-state index in [1.165, 1.54) is 11.3 Å². The molecule has 27 heavy (non-hydrogen) atoms. The van der Waals surface area contributed by atoms with Crippen LogP contribution in [0.2, 0.25) is 0 Å². The monoisotopic (exact) mass is 366 g/mol. The van der Waals surface area contributed by atoms with Crippen LogP contribution in [0.4, 0.5) is 5.69 Å². The second-order valence-corrected chi connectivity index (χ2v) is 6.82. The molecular formula is C22H26N2O3. The molecule has 1 N–H and O–H groups in total. The number of carbonyl (C=O) groups excluding carboxylic acids is 1. The summed E-state index contributed by atoms with van der Waals surface area (Å²) in [4.78, 5) is 14.7. The summed E-state index contributed by atoms with van der Waals surface area (Å²) in [6.07, 6.45) is 1.80. The minimum Gasteiger partial charge on any atom is -0.497 e. The molecule has 1 heterocycles. The van der Waals surface area contributed by atoms with Crippen molar-refractivity contribution in [2.24, 2.45) is 0 Å². The molecule has 0 aliphatic rings. The molecule has 0 spiro atoms. The summed E-state index contributed by atoms with van der Waals surface area (Å²) in [5.74, 6) is 1.22. The summed E-state index contributed by atoms with van der Waals surface area (Å²) in [5, 5.41) is 3.79. The molecular weight excluding hydrogens is 340 g/mol. The van der Waals surface area contributed by atoms with Crippen LogP contribution < -0.4 is 15.0 Å². The van der Waals surface area contributed by atoms with Crippen LogP contribution in [0.3, 0.4) is 0 Å². The maximum Gasteiger partial charge on any atom is 0.255 e. The van der Waals surface area contributed by atoms with E-state index in [1.54, 1.807) is 7.11 Å². The summed E-state index contributed by atoms with van der Waals surface area (Å²) in [6.45, 7) is 2.43. The molecule has 0 aliphatic heterocycles. The van der Waals surface area contributed by atoms with E-state index in [-0.39, 0.29) is 5.91 Å². The molecule has 3 rings (SSSR count). The maximum atomic E-state index is 12.7. The van der Waals surface area contributed by atoms with Crippen molar-refractivity contribution < 1.29 is 13.9 Å². The molecule has 0 bridgehead atoms. The van der Waals surface area contributed by atoms with E-state index in [0.717, 1.165) is 18.2 Å². The van der Waals surface area contributed by atoms with E-state index < -0.39 is 0 Å². The molecule has 5 heteroatoms. The predicted molar refractivity (Wildman–Crippen MR) is 109 cm³/mol. The van der Waals surface area contributed by atoms with Gasteiger partial charge in [-0.1, -0.05) is 12.1 Å². The first kappa shape index (κ1) is 18.8. The largest absolute Gasteiger partial charge is 0.497 e. The molecule has 0 atom stereocenters. The van der Waals surface area contributed by atoms with Crippen LogP contribution in [0.5, 0.6) is 5.75 Å². The van der Waals surface area contributed by atoms with Crippen molar-refractivity contribution in [3.8, 4) is 5.75 Å². The number of nitrogens with zero attached hydrogens (tertiary/aromatic N) is 1. The van der Waals surface area contributed by atoms with Crippen molar-refractivity contribution in [2.75, 3.05) is 32.6 Å². The number of benzene rings is 2. The third kappa shape index (κ3) is 4.25. The third-order valence-corrected chi connectivity index (χ3v) is 4.68. The van der Waals surface area contributed by atoms with Gasteiger partial charge in [-0.05, 0) is 55.7 Å². The molecule has 0 radical (unpaired) electrons. The van der Waals surface area contributed by atoms with Gasteiger partial charge in [0.2, 0.25) is 0 Å². The molecule has 0 saturated carbocycles. The van der Waals surface area contributed by atoms with Crippen LogP contribution in [-0.2, 0) is 6.42 Å². The highest BCUT2D eigenvalue weighted by atomic mass is 16.5. The summed E-state index contributed by atoms with van der Waals surface area (Å²) in [7, 11) is 5.67. The lowest BCUT2D eigenvalue weighted by molar-refractivity contribution is 0.0953. The molecule has 0 unspecified atom stereocenters. The van der Waals surface area contributed by atoms with Crippen LogP contribution in [0.25, 0.3) is 11.0 Å². The zero-order valence-electron chi connectivity index (χ0n) is 16.3. The molecule has 1 amide bonds. The number of methoxy groups -OCH3 is 1. The van der Waals surface area contributed by atoms with Crippen LogP contribution in [0.15, 0.2) is 46.9 Å². The van der Waals surface area contributed by atoms with E-state index in [4.69, 9.17) is 9.15 Å². The lowest BCUT2D eigenvalue weighted by Gasteiger charge is -2.12. The molecule has 5 nitrogen and oxygen atoms in total. The number of aryl methyl sites for hydroxylation is 2. The average Bonchev–Trinajstić information content (AvgIpc) is 3.00. The first-order chi connectivity index (χ1) is 13.0. The Morgan fingerprint density at radius 3 is 2.56 bits per heavy atom. The quantitative estimate of drug-likeness (QED) is 0.638. The number of hydrogen-bond donors (Lipinski definition) is 1. The van der Waals surface area contributed by atoms with Crippen molar-refractivity contribution in [1.82, 2.24) is 5.32 Å². The third-order valence-electron chi connectivity index (χ3n) is 4.68. The van der Waals surface area contributed by atoms with Crippen molar-refractivity contribution in [3.05, 3.63) is 59.4 Å². The second-order valence-electron chi connectivity index (χ2n) is 6.82. The number of rotatable bonds is 7. The molecule has 142 valence electrons. The minimum absolute atomic E-state index is 0.109. The van der Waals surface area contributed by atoms with Gasteiger partial charge in [0.25, 0.3) is 5.91 Å². The Bertz CT molecular complexity index is 927. The highest BCUT2D eigenvalue weighted by molar-refractivity contribution is 6.07. The van der Waals surface area contributed by atoms with Crippen molar-refractivity contribution in [3.63, 3.8) is 0 Å². The summed E-state index contributed by atoms with van der Waals surface area (Å²) in [6, 6.07) is 14.0. The number of hydrogen-bond acceptors (Lipinski definition) is 4. The van der Waals surface area contributed by atoms with Gasteiger partial charge in [-0.25, -0.2) is 0 Å². The predicted octanol–water partition coefficient (Wildman–Crippen LogP) is 4.18. The number of anilines is 1. The SMILES string of the molecule is COc1ccc2oc(C)c(C(=O)NCCCc3ccc(N(C)C)cc3)c2c1. The fourth-order valence-corrected chi connectivity index (χ4v) is 3.15. The Hall–Kier alpha value is -2.95. The standard InChI is InChI=1S/C22H26N2O3/c1-15-21(19-14-18(26-4)11-12-20(19)27-15)22(25)23-13-5-6-16-7-9-17(10-8-16)24(2)3/h7-12,14H,5-6,13H2,1-4H3,(H,23,25). The van der Waals surface area contributed by atoms with Crippen molar-refractivity contribution >= 4 is 22.6 Å². The highest BCUT2D eigenvalue weighted by Gasteiger charge is 2.18. The van der Waals surface area contributed by atoms with E-state index in [2.05, 4.69) is 34.5 Å². The molecule has 0 saturated heterocycles. The van der Waals surface area contributed by atoms with Crippen molar-refractivity contribution in [1.29, 1.82) is 0 Å². The Morgan fingerprint density at radius 1 is 1.15 bits per heavy atom. The Kier molecular flexibility index (Phi) is 5.69. The molecule has 1 aromatic heterocycles. The number of nitrogens with one attached hydrogen (secondary N) is 1. The maximum absolute atomic E-state index is 12.7. The Morgan fingerprint density at radius 2 is 1.89 bits per heavy atom. The van der Waals surface area contributed by atoms with E-state index in [1.807, 2.05) is 39.2 Å². The first-order valence-electron chi connectivity index (χ1n) is 9.11. The number of carbonyl (C=O) groups is 1. The Labute approximate surface area is 159 Å². The second kappa shape index (κ2) is 8.16. The normalized spacial score (nSPS) is 10.8. The van der Waals surface area contributed by atoms with Gasteiger partial charge in [0.15, 0.2) is 0 Å². The fourth-order valence-electron chi connectivity index (χ4n) is 3.15. The van der Waals surface area contributed by atoms with E-state index >= 15 is 0 Å². The molecule has 0 fully saturated rings. The van der Waals surface area contributed by atoms with Gasteiger partial charge in [0.1, 0.15) is 17.1 Å². The van der Waals surface area contributed by atoms with Gasteiger partial charge in [-0.3, -0.25) is 4.79 Å². The van der Waals surface area contributed by atoms with Gasteiger partial charge >= 0.3 is 0 Å². The summed E-state index contributed by atoms with van der Waals surface area (Å²) >= 11 is 0. The van der Waals surface area contributed by atoms with E-state index in [9.17, 15) is 4.79 Å². The molecule has 2 aromatic carbocycles. The summed E-state index contributed by atoms with van der Waals surface area (Å²) < 4.78 is 11.0. The summed E-state index contributed by atoms with van der Waals surface area (Å²) in [5.41, 5.74) is 3.73.